The van der Waals surface area contributed by atoms with Crippen LogP contribution in [0.3, 0.4) is 0 Å². The number of carboxylic acids is 1. The van der Waals surface area contributed by atoms with Crippen molar-refractivity contribution in [1.29, 1.82) is 0 Å². The van der Waals surface area contributed by atoms with Crippen molar-refractivity contribution in [2.75, 3.05) is 6.54 Å². The monoisotopic (exact) mass is 250 g/mol. The molecule has 98 valence electrons. The van der Waals surface area contributed by atoms with Gasteiger partial charge < -0.3 is 15.7 Å². The Morgan fingerprint density at radius 1 is 1.28 bits per heavy atom. The smallest absolute Gasteiger partial charge is 0.336 e. The van der Waals surface area contributed by atoms with Gasteiger partial charge in [0.2, 0.25) is 5.91 Å². The number of carboxylic acid groups (broad SMARTS) is 1. The van der Waals surface area contributed by atoms with Gasteiger partial charge in [-0.1, -0.05) is 18.2 Å². The quantitative estimate of drug-likeness (QED) is 0.703. The number of benzene rings is 1. The van der Waals surface area contributed by atoms with Gasteiger partial charge in [-0.15, -0.1) is 0 Å². The molecule has 0 aliphatic carbocycles. The Balaban J connectivity index is 2.49. The maximum atomic E-state index is 11.4. The maximum Gasteiger partial charge on any atom is 0.336 e. The van der Waals surface area contributed by atoms with Gasteiger partial charge in [-0.05, 0) is 25.5 Å². The fourth-order valence-electron chi connectivity index (χ4n) is 1.57. The summed E-state index contributed by atoms with van der Waals surface area (Å²) in [6.45, 7) is 4.30. The molecule has 1 rings (SSSR count). The third-order valence-electron chi connectivity index (χ3n) is 2.30. The SMILES string of the molecule is CC(C)NC(=O)CNCc1ccccc1C(=O)O. The molecule has 0 spiro atoms. The summed E-state index contributed by atoms with van der Waals surface area (Å²) in [4.78, 5) is 22.3. The van der Waals surface area contributed by atoms with E-state index in [4.69, 9.17) is 5.11 Å². The first-order valence-electron chi connectivity index (χ1n) is 5.82. The average molecular weight is 250 g/mol. The molecule has 1 amide bonds. The molecule has 5 heteroatoms. The lowest BCUT2D eigenvalue weighted by atomic mass is 10.1. The number of carbonyl (C=O) groups is 2. The molecule has 0 unspecified atom stereocenters. The lowest BCUT2D eigenvalue weighted by molar-refractivity contribution is -0.120. The molecule has 0 saturated carbocycles. The third kappa shape index (κ3) is 4.55. The molecular formula is C13H18N2O3. The van der Waals surface area contributed by atoms with Crippen LogP contribution in [0.1, 0.15) is 29.8 Å². The summed E-state index contributed by atoms with van der Waals surface area (Å²) in [5.74, 6) is -1.06. The van der Waals surface area contributed by atoms with Gasteiger partial charge in [-0.25, -0.2) is 4.79 Å². The number of hydrogen-bond acceptors (Lipinski definition) is 3. The first kappa shape index (κ1) is 14.2. The van der Waals surface area contributed by atoms with E-state index in [-0.39, 0.29) is 24.1 Å². The summed E-state index contributed by atoms with van der Waals surface area (Å²) in [7, 11) is 0. The van der Waals surface area contributed by atoms with Crippen LogP contribution in [0.25, 0.3) is 0 Å². The van der Waals surface area contributed by atoms with Gasteiger partial charge in [-0.2, -0.15) is 0 Å². The van der Waals surface area contributed by atoms with Crippen molar-refractivity contribution in [3.63, 3.8) is 0 Å². The van der Waals surface area contributed by atoms with E-state index in [0.29, 0.717) is 12.1 Å². The second-order valence-corrected chi connectivity index (χ2v) is 4.29. The van der Waals surface area contributed by atoms with Crippen molar-refractivity contribution >= 4 is 11.9 Å². The predicted octanol–water partition coefficient (Wildman–Crippen LogP) is 0.999. The summed E-state index contributed by atoms with van der Waals surface area (Å²) in [5, 5.41) is 14.7. The van der Waals surface area contributed by atoms with Crippen LogP contribution in [-0.2, 0) is 11.3 Å². The molecule has 18 heavy (non-hydrogen) atoms. The molecule has 0 bridgehead atoms. The fraction of sp³-hybridized carbons (Fsp3) is 0.385. The molecule has 0 aromatic heterocycles. The molecule has 0 fully saturated rings. The highest BCUT2D eigenvalue weighted by atomic mass is 16.4. The number of hydrogen-bond donors (Lipinski definition) is 3. The number of amides is 1. The Morgan fingerprint density at radius 2 is 1.94 bits per heavy atom. The van der Waals surface area contributed by atoms with Crippen LogP contribution in [-0.4, -0.2) is 29.6 Å². The molecule has 0 saturated heterocycles. The van der Waals surface area contributed by atoms with Crippen LogP contribution in [0.2, 0.25) is 0 Å². The summed E-state index contributed by atoms with van der Waals surface area (Å²) in [6, 6.07) is 6.84. The van der Waals surface area contributed by atoms with E-state index in [0.717, 1.165) is 0 Å². The number of aromatic carboxylic acids is 1. The van der Waals surface area contributed by atoms with Crippen molar-refractivity contribution in [2.45, 2.75) is 26.4 Å². The fourth-order valence-corrected chi connectivity index (χ4v) is 1.57. The van der Waals surface area contributed by atoms with Crippen molar-refractivity contribution in [3.05, 3.63) is 35.4 Å². The second-order valence-electron chi connectivity index (χ2n) is 4.29. The molecule has 0 heterocycles. The Hall–Kier alpha value is -1.88. The van der Waals surface area contributed by atoms with Gasteiger partial charge in [0.05, 0.1) is 12.1 Å². The van der Waals surface area contributed by atoms with Crippen molar-refractivity contribution in [2.24, 2.45) is 0 Å². The molecular weight excluding hydrogens is 232 g/mol. The molecule has 0 radical (unpaired) electrons. The van der Waals surface area contributed by atoms with Gasteiger partial charge >= 0.3 is 5.97 Å². The highest BCUT2D eigenvalue weighted by Crippen LogP contribution is 2.07. The van der Waals surface area contributed by atoms with E-state index in [2.05, 4.69) is 10.6 Å². The second kappa shape index (κ2) is 6.76. The largest absolute Gasteiger partial charge is 0.478 e. The van der Waals surface area contributed by atoms with E-state index >= 15 is 0 Å². The van der Waals surface area contributed by atoms with Crippen LogP contribution in [0.4, 0.5) is 0 Å². The van der Waals surface area contributed by atoms with E-state index in [1.807, 2.05) is 13.8 Å². The number of rotatable bonds is 6. The number of carbonyl (C=O) groups excluding carboxylic acids is 1. The van der Waals surface area contributed by atoms with Gasteiger partial charge in [0.15, 0.2) is 0 Å². The normalized spacial score (nSPS) is 10.4. The molecule has 1 aromatic rings. The molecule has 0 aliphatic rings. The van der Waals surface area contributed by atoms with E-state index in [1.165, 1.54) is 0 Å². The minimum absolute atomic E-state index is 0.0993. The molecule has 1 aromatic carbocycles. The molecule has 0 aliphatic heterocycles. The minimum Gasteiger partial charge on any atom is -0.478 e. The predicted molar refractivity (Wildman–Crippen MR) is 68.4 cm³/mol. The topological polar surface area (TPSA) is 78.4 Å². The van der Waals surface area contributed by atoms with Crippen molar-refractivity contribution < 1.29 is 14.7 Å². The van der Waals surface area contributed by atoms with Crippen LogP contribution in [0.5, 0.6) is 0 Å². The van der Waals surface area contributed by atoms with Crippen LogP contribution in [0.15, 0.2) is 24.3 Å². The third-order valence-corrected chi connectivity index (χ3v) is 2.30. The minimum atomic E-state index is -0.959. The zero-order valence-corrected chi connectivity index (χ0v) is 10.6. The summed E-state index contributed by atoms with van der Waals surface area (Å²) < 4.78 is 0. The number of nitrogens with one attached hydrogen (secondary N) is 2. The zero-order chi connectivity index (χ0) is 13.5. The highest BCUT2D eigenvalue weighted by molar-refractivity contribution is 5.89. The van der Waals surface area contributed by atoms with E-state index in [9.17, 15) is 9.59 Å². The standard InChI is InChI=1S/C13H18N2O3/c1-9(2)15-12(16)8-14-7-10-5-3-4-6-11(10)13(17)18/h3-6,9,14H,7-8H2,1-2H3,(H,15,16)(H,17,18). The summed E-state index contributed by atoms with van der Waals surface area (Å²) >= 11 is 0. The Labute approximate surface area is 106 Å². The highest BCUT2D eigenvalue weighted by Gasteiger charge is 2.09. The van der Waals surface area contributed by atoms with E-state index in [1.54, 1.807) is 24.3 Å². The van der Waals surface area contributed by atoms with Crippen molar-refractivity contribution in [1.82, 2.24) is 10.6 Å². The molecule has 3 N–H and O–H groups in total. The summed E-state index contributed by atoms with van der Waals surface area (Å²) in [6.07, 6.45) is 0. The van der Waals surface area contributed by atoms with Crippen molar-refractivity contribution in [3.8, 4) is 0 Å². The van der Waals surface area contributed by atoms with Gasteiger partial charge in [-0.3, -0.25) is 4.79 Å². The Morgan fingerprint density at radius 3 is 2.56 bits per heavy atom. The lowest BCUT2D eigenvalue weighted by Gasteiger charge is -2.10. The van der Waals surface area contributed by atoms with Crippen LogP contribution < -0.4 is 10.6 Å². The zero-order valence-electron chi connectivity index (χ0n) is 10.6. The molecule has 5 nitrogen and oxygen atoms in total. The van der Waals surface area contributed by atoms with Gasteiger partial charge in [0.25, 0.3) is 0 Å². The van der Waals surface area contributed by atoms with Gasteiger partial charge in [0, 0.05) is 12.6 Å². The summed E-state index contributed by atoms with van der Waals surface area (Å²) in [5.41, 5.74) is 0.927. The first-order chi connectivity index (χ1) is 8.50. The lowest BCUT2D eigenvalue weighted by Crippen LogP contribution is -2.37. The van der Waals surface area contributed by atoms with Crippen LogP contribution >= 0.6 is 0 Å². The Bertz CT molecular complexity index is 430. The van der Waals surface area contributed by atoms with Gasteiger partial charge in [0.1, 0.15) is 0 Å². The average Bonchev–Trinajstić information content (AvgIpc) is 2.28. The Kier molecular flexibility index (Phi) is 5.32. The first-order valence-corrected chi connectivity index (χ1v) is 5.82. The molecule has 0 atom stereocenters. The van der Waals surface area contributed by atoms with Crippen LogP contribution in [0, 0.1) is 0 Å². The maximum absolute atomic E-state index is 11.4. The van der Waals surface area contributed by atoms with E-state index < -0.39 is 5.97 Å².